The first-order valence-corrected chi connectivity index (χ1v) is 30.7. The zero-order valence-electron chi connectivity index (χ0n) is 49.1. The van der Waals surface area contributed by atoms with Crippen molar-refractivity contribution in [2.75, 3.05) is 71.8 Å². The number of nitrogens with zero attached hydrogens (tertiary/aromatic N) is 4. The molecule has 464 valence electrons. The molecule has 6 aliphatic rings. The van der Waals surface area contributed by atoms with E-state index >= 15 is 0 Å². The van der Waals surface area contributed by atoms with E-state index in [1.165, 1.54) is 0 Å². The third kappa shape index (κ3) is 19.7. The molecule has 10 unspecified atom stereocenters. The van der Waals surface area contributed by atoms with Crippen LogP contribution in [0.1, 0.15) is 47.9 Å². The number of carbonyl (C=O) groups excluding carboxylic acids is 6. The monoisotopic (exact) mass is 1250 g/mol. The lowest BCUT2D eigenvalue weighted by atomic mass is 9.78. The van der Waals surface area contributed by atoms with Gasteiger partial charge in [0.15, 0.2) is 0 Å². The molecule has 0 spiro atoms. The number of esters is 3. The van der Waals surface area contributed by atoms with E-state index in [2.05, 4.69) is 20.3 Å². The molecule has 6 saturated heterocycles. The topological polar surface area (TPSA) is 246 Å². The first kappa shape index (κ1) is 67.9. The Bertz CT molecular complexity index is 2810. The summed E-state index contributed by atoms with van der Waals surface area (Å²) in [7, 11) is 2.35. The Labute approximate surface area is 519 Å². The predicted octanol–water partition coefficient (Wildman–Crippen LogP) is 5.00. The van der Waals surface area contributed by atoms with E-state index in [1.807, 2.05) is 84.6 Å². The summed E-state index contributed by atoms with van der Waals surface area (Å²) >= 11 is 15.2. The fourth-order valence-corrected chi connectivity index (χ4v) is 12.0. The number of ether oxygens (including phenoxy) is 5. The first-order valence-electron chi connectivity index (χ1n) is 29.3. The van der Waals surface area contributed by atoms with Gasteiger partial charge in [-0.1, -0.05) is 84.9 Å². The number of hydrogen-bond donors (Lipinski definition) is 5. The molecule has 86 heavy (non-hydrogen) atoms. The van der Waals surface area contributed by atoms with Crippen LogP contribution in [0.2, 0.25) is 13.6 Å². The molecule has 4 aromatic carbocycles. The van der Waals surface area contributed by atoms with E-state index in [1.54, 1.807) is 62.2 Å². The highest BCUT2D eigenvalue weighted by atomic mass is 35.5. The second-order valence-corrected chi connectivity index (χ2v) is 23.6. The van der Waals surface area contributed by atoms with Crippen LogP contribution in [0.25, 0.3) is 0 Å². The van der Waals surface area contributed by atoms with Crippen LogP contribution < -0.4 is 15.2 Å². The van der Waals surface area contributed by atoms with Crippen molar-refractivity contribution in [3.05, 3.63) is 131 Å². The smallest absolute Gasteiger partial charge is 0.374 e. The van der Waals surface area contributed by atoms with Gasteiger partial charge < -0.3 is 68.9 Å². The number of rotatable bonds is 19. The Balaban J connectivity index is 0.000000198. The molecule has 6 heterocycles. The third-order valence-electron chi connectivity index (χ3n) is 16.1. The molecule has 4 bridgehead atoms. The summed E-state index contributed by atoms with van der Waals surface area (Å²) in [6.45, 7) is 9.56. The summed E-state index contributed by atoms with van der Waals surface area (Å²) in [4.78, 5) is 84.2. The van der Waals surface area contributed by atoms with Crippen molar-refractivity contribution in [1.29, 1.82) is 0 Å². The van der Waals surface area contributed by atoms with Gasteiger partial charge in [0.2, 0.25) is 17.1 Å². The van der Waals surface area contributed by atoms with Crippen LogP contribution in [0.4, 0.5) is 0 Å². The standard InChI is InChI=1S/C30H38BN3O7.C17H20BNO4.C13H19ClN2O3.CH2Cl2/c1-31(38)32-23(29(36)39-19-21-6-4-3-5-7-21)18-20-8-10-22(11-9-20)40-30(37)27-25-13-12-24(41-25)26(27)28(35)34-16-14-33(2)15-17-34;1-18(22)19-16(11-13-7-9-15(20)10-8-13)17(21)23-12-14-5-3-2-4-6-14;1-15-4-6-16(7-5-15)13(18)11-9-3-2-8(19-9)10(11)12(14)17;2-1-3/h3-11,23-27,32,38H,12-19H2,1-2H3;2-10,16,19-20,22H,11-12H2,1H3;8-11H,2-7H2,1H3;1H2. The van der Waals surface area contributed by atoms with Crippen LogP contribution in [0.15, 0.2) is 109 Å². The molecule has 0 aromatic heterocycles. The molecule has 5 N–H and O–H groups in total. The van der Waals surface area contributed by atoms with Crippen molar-refractivity contribution in [2.24, 2.45) is 23.7 Å². The highest BCUT2D eigenvalue weighted by Gasteiger charge is 2.58. The predicted molar refractivity (Wildman–Crippen MR) is 327 cm³/mol. The maximum Gasteiger partial charge on any atom is 0.374 e. The quantitative estimate of drug-likeness (QED) is 0.0273. The molecule has 0 saturated carbocycles. The summed E-state index contributed by atoms with van der Waals surface area (Å²) in [6.07, 6.45) is 3.08. The average Bonchev–Trinajstić information content (AvgIpc) is 2.16. The molecule has 25 heteroatoms. The van der Waals surface area contributed by atoms with Gasteiger partial charge in [-0.05, 0) is 124 Å². The van der Waals surface area contributed by atoms with Crippen molar-refractivity contribution in [3.8, 4) is 11.5 Å². The number of benzene rings is 4. The highest BCUT2D eigenvalue weighted by molar-refractivity contribution is 6.64. The maximum atomic E-state index is 13.4. The number of fused-ring (bicyclic) bond motifs is 4. The van der Waals surface area contributed by atoms with Crippen LogP contribution in [0.5, 0.6) is 11.5 Å². The normalized spacial score (nSPS) is 23.6. The van der Waals surface area contributed by atoms with Crippen LogP contribution >= 0.6 is 34.8 Å². The summed E-state index contributed by atoms with van der Waals surface area (Å²) in [6, 6.07) is 30.8. The fourth-order valence-electron chi connectivity index (χ4n) is 11.7. The zero-order chi connectivity index (χ0) is 61.9. The number of carbonyl (C=O) groups is 6. The van der Waals surface area contributed by atoms with Gasteiger partial charge in [-0.25, -0.2) is 0 Å². The van der Waals surface area contributed by atoms with Crippen molar-refractivity contribution < 1.29 is 67.6 Å². The van der Waals surface area contributed by atoms with Crippen LogP contribution in [0, 0.1) is 23.7 Å². The molecular formula is C61H79B2Cl3N6O14. The van der Waals surface area contributed by atoms with E-state index in [4.69, 9.17) is 58.5 Å². The van der Waals surface area contributed by atoms with Gasteiger partial charge in [0.25, 0.3) is 0 Å². The number of amides is 2. The van der Waals surface area contributed by atoms with Gasteiger partial charge in [-0.2, -0.15) is 0 Å². The number of aromatic hydroxyl groups is 1. The number of hydrogen-bond acceptors (Lipinski definition) is 18. The van der Waals surface area contributed by atoms with Crippen molar-refractivity contribution in [2.45, 2.75) is 102 Å². The number of halogens is 3. The Morgan fingerprint density at radius 3 is 1.29 bits per heavy atom. The lowest BCUT2D eigenvalue weighted by molar-refractivity contribution is -0.149. The Morgan fingerprint density at radius 1 is 0.547 bits per heavy atom. The number of phenolic OH excluding ortho intramolecular Hbond substituents is 1. The summed E-state index contributed by atoms with van der Waals surface area (Å²) < 4.78 is 28.3. The molecule has 6 aliphatic heterocycles. The molecule has 10 atom stereocenters. The van der Waals surface area contributed by atoms with E-state index in [0.29, 0.717) is 25.3 Å². The number of phenols is 1. The van der Waals surface area contributed by atoms with Gasteiger partial charge in [-0.3, -0.25) is 28.8 Å². The van der Waals surface area contributed by atoms with E-state index < -0.39 is 67.1 Å². The second kappa shape index (κ2) is 33.7. The molecule has 0 radical (unpaired) electrons. The molecule has 10 rings (SSSR count). The number of piperazine rings is 2. The second-order valence-electron chi connectivity index (χ2n) is 22.5. The molecule has 2 amide bonds. The fraction of sp³-hybridized carbons (Fsp3) is 0.508. The highest BCUT2D eigenvalue weighted by Crippen LogP contribution is 2.46. The van der Waals surface area contributed by atoms with Crippen molar-refractivity contribution >= 4 is 83.9 Å². The zero-order valence-corrected chi connectivity index (χ0v) is 51.4. The van der Waals surface area contributed by atoms with Gasteiger partial charge in [0, 0.05) is 52.4 Å². The lowest BCUT2D eigenvalue weighted by Crippen LogP contribution is -2.52. The first-order chi connectivity index (χ1) is 41.3. The minimum Gasteiger partial charge on any atom is -0.508 e. The summed E-state index contributed by atoms with van der Waals surface area (Å²) in [5.41, 5.74) is 3.43. The Morgan fingerprint density at radius 2 is 0.907 bits per heavy atom. The van der Waals surface area contributed by atoms with Crippen molar-refractivity contribution in [1.82, 2.24) is 30.1 Å². The number of likely N-dealkylation sites (N-methyl/N-ethyl adjacent to an activating group) is 2. The summed E-state index contributed by atoms with van der Waals surface area (Å²) in [5, 5.41) is 34.1. The Kier molecular flexibility index (Phi) is 26.6. The summed E-state index contributed by atoms with van der Waals surface area (Å²) in [5.74, 6) is -2.72. The van der Waals surface area contributed by atoms with Gasteiger partial charge >= 0.3 is 32.0 Å². The lowest BCUT2D eigenvalue weighted by Gasteiger charge is -2.36. The van der Waals surface area contributed by atoms with Crippen molar-refractivity contribution in [3.63, 3.8) is 0 Å². The molecule has 0 aliphatic carbocycles. The van der Waals surface area contributed by atoms with Crippen LogP contribution in [-0.2, 0) is 73.8 Å². The third-order valence-corrected chi connectivity index (χ3v) is 16.4. The van der Waals surface area contributed by atoms with Crippen LogP contribution in [0.3, 0.4) is 0 Å². The Hall–Kier alpha value is -5.62. The van der Waals surface area contributed by atoms with E-state index in [0.717, 1.165) is 87.2 Å². The average molecular weight is 1250 g/mol. The van der Waals surface area contributed by atoms with Crippen LogP contribution in [-0.4, -0.2) is 192 Å². The maximum absolute atomic E-state index is 13.4. The van der Waals surface area contributed by atoms with E-state index in [-0.39, 0.29) is 72.9 Å². The number of alkyl halides is 2. The largest absolute Gasteiger partial charge is 0.508 e. The minimum absolute atomic E-state index is 0.0154. The SMILES string of the molecule is CB(O)NC(Cc1ccc(O)cc1)C(=O)OCc1ccccc1.CB(O)NC(Cc1ccc(OC(=O)C2C3CCC(O3)C2C(=O)N2CCN(C)CC2)cc1)C(=O)OCc1ccccc1.CN1CCN(C(=O)C2C3CCC(O3)C2C(=O)Cl)CC1.ClCCl. The molecule has 6 fully saturated rings. The minimum atomic E-state index is -0.907. The van der Waals surface area contributed by atoms with Gasteiger partial charge in [0.05, 0.1) is 53.4 Å². The number of nitrogens with one attached hydrogen (secondary N) is 2. The van der Waals surface area contributed by atoms with Gasteiger partial charge in [0.1, 0.15) is 36.8 Å². The van der Waals surface area contributed by atoms with E-state index in [9.17, 15) is 43.9 Å². The molecular weight excluding hydrogens is 1170 g/mol. The molecule has 20 nitrogen and oxygen atoms in total. The van der Waals surface area contributed by atoms with Gasteiger partial charge in [-0.15, -0.1) is 23.2 Å². The molecule has 4 aromatic rings.